The second kappa shape index (κ2) is 4.84. The van der Waals surface area contributed by atoms with Crippen molar-refractivity contribution in [1.82, 2.24) is 0 Å². The summed E-state index contributed by atoms with van der Waals surface area (Å²) < 4.78 is 0. The van der Waals surface area contributed by atoms with E-state index in [1.54, 1.807) is 0 Å². The molecule has 0 heterocycles. The third-order valence-corrected chi connectivity index (χ3v) is 2.49. The number of nitrogens with zero attached hydrogens (tertiary/aromatic N) is 2. The topological polar surface area (TPSA) is 66.9 Å². The molecule has 1 rings (SSSR count). The Labute approximate surface area is 89.6 Å². The van der Waals surface area contributed by atoms with Crippen molar-refractivity contribution < 1.29 is 4.92 Å². The molecule has 4 nitrogen and oxygen atoms in total. The molecule has 0 fully saturated rings. The minimum Gasteiger partial charge on any atom is -0.258 e. The van der Waals surface area contributed by atoms with Crippen LogP contribution < -0.4 is 0 Å². The molecule has 72 valence electrons. The standard InChI is InChI=1S/C8H5ClN2O2S/c9-8-2-1-7(11(12)13)3-6(8)4-14-5-10/h1-3H,4H2. The van der Waals surface area contributed by atoms with E-state index >= 15 is 0 Å². The minimum atomic E-state index is -0.489. The largest absolute Gasteiger partial charge is 0.269 e. The average Bonchev–Trinajstić information content (AvgIpc) is 2.16. The zero-order chi connectivity index (χ0) is 10.6. The first-order valence-electron chi connectivity index (χ1n) is 3.59. The lowest BCUT2D eigenvalue weighted by Gasteiger charge is -1.99. The SMILES string of the molecule is N#CSCc1cc([N+](=O)[O-])ccc1Cl. The molecule has 0 aliphatic heterocycles. The second-order valence-corrected chi connectivity index (χ2v) is 3.58. The number of nitriles is 1. The first kappa shape index (κ1) is 10.8. The number of thiocyanates is 1. The van der Waals surface area contributed by atoms with Crippen molar-refractivity contribution in [3.63, 3.8) is 0 Å². The third-order valence-electron chi connectivity index (χ3n) is 1.53. The quantitative estimate of drug-likeness (QED) is 0.453. The first-order valence-corrected chi connectivity index (χ1v) is 4.95. The maximum atomic E-state index is 10.4. The molecule has 1 aromatic carbocycles. The van der Waals surface area contributed by atoms with Crippen LogP contribution in [0.5, 0.6) is 0 Å². The predicted octanol–water partition coefficient (Wildman–Crippen LogP) is 2.96. The van der Waals surface area contributed by atoms with Crippen LogP contribution in [0.4, 0.5) is 5.69 Å². The van der Waals surface area contributed by atoms with Crippen LogP contribution >= 0.6 is 23.4 Å². The second-order valence-electron chi connectivity index (χ2n) is 2.41. The van der Waals surface area contributed by atoms with Crippen molar-refractivity contribution >= 4 is 29.1 Å². The monoisotopic (exact) mass is 228 g/mol. The summed E-state index contributed by atoms with van der Waals surface area (Å²) in [6.45, 7) is 0. The molecular formula is C8H5ClN2O2S. The highest BCUT2D eigenvalue weighted by atomic mass is 35.5. The molecule has 0 aliphatic rings. The lowest BCUT2D eigenvalue weighted by atomic mass is 10.2. The molecule has 6 heteroatoms. The van der Waals surface area contributed by atoms with E-state index in [1.165, 1.54) is 18.2 Å². The highest BCUT2D eigenvalue weighted by Crippen LogP contribution is 2.25. The number of rotatable bonds is 3. The summed E-state index contributed by atoms with van der Waals surface area (Å²) in [5, 5.41) is 21.1. The van der Waals surface area contributed by atoms with Crippen LogP contribution in [0.2, 0.25) is 5.02 Å². The fourth-order valence-corrected chi connectivity index (χ4v) is 1.62. The maximum Gasteiger partial charge on any atom is 0.269 e. The van der Waals surface area contributed by atoms with Crippen LogP contribution in [-0.4, -0.2) is 4.92 Å². The van der Waals surface area contributed by atoms with Crippen molar-refractivity contribution in [2.45, 2.75) is 5.75 Å². The smallest absolute Gasteiger partial charge is 0.258 e. The first-order chi connectivity index (χ1) is 6.65. The molecule has 14 heavy (non-hydrogen) atoms. The summed E-state index contributed by atoms with van der Waals surface area (Å²) in [6, 6.07) is 4.18. The van der Waals surface area contributed by atoms with Crippen LogP contribution in [0.15, 0.2) is 18.2 Å². The van der Waals surface area contributed by atoms with E-state index in [-0.39, 0.29) is 5.69 Å². The van der Waals surface area contributed by atoms with Crippen LogP contribution in [0.25, 0.3) is 0 Å². The normalized spacial score (nSPS) is 9.43. The zero-order valence-electron chi connectivity index (χ0n) is 6.94. The maximum absolute atomic E-state index is 10.4. The van der Waals surface area contributed by atoms with Gasteiger partial charge in [-0.3, -0.25) is 10.1 Å². The molecule has 0 aliphatic carbocycles. The Bertz CT molecular complexity index is 403. The Balaban J connectivity index is 2.97. The number of non-ortho nitro benzene ring substituents is 1. The number of halogens is 1. The highest BCUT2D eigenvalue weighted by molar-refractivity contribution is 8.02. The fourth-order valence-electron chi connectivity index (χ4n) is 0.895. The molecule has 0 unspecified atom stereocenters. The van der Waals surface area contributed by atoms with Gasteiger partial charge in [-0.25, -0.2) is 0 Å². The Morgan fingerprint density at radius 3 is 2.93 bits per heavy atom. The molecule has 0 saturated carbocycles. The fraction of sp³-hybridized carbons (Fsp3) is 0.125. The Hall–Kier alpha value is -1.25. The summed E-state index contributed by atoms with van der Waals surface area (Å²) >= 11 is 6.79. The van der Waals surface area contributed by atoms with Gasteiger partial charge in [-0.05, 0) is 23.4 Å². The van der Waals surface area contributed by atoms with E-state index in [9.17, 15) is 10.1 Å². The van der Waals surface area contributed by atoms with Crippen molar-refractivity contribution in [3.05, 3.63) is 38.9 Å². The Morgan fingerprint density at radius 1 is 1.64 bits per heavy atom. The van der Waals surface area contributed by atoms with Gasteiger partial charge in [0.25, 0.3) is 5.69 Å². The third kappa shape index (κ3) is 2.62. The summed E-state index contributed by atoms with van der Waals surface area (Å²) in [4.78, 5) is 9.94. The lowest BCUT2D eigenvalue weighted by Crippen LogP contribution is -1.90. The number of thioether (sulfide) groups is 1. The minimum absolute atomic E-state index is 0.0112. The predicted molar refractivity (Wildman–Crippen MR) is 55.0 cm³/mol. The van der Waals surface area contributed by atoms with Gasteiger partial charge in [0.15, 0.2) is 0 Å². The van der Waals surface area contributed by atoms with E-state index in [0.29, 0.717) is 16.3 Å². The van der Waals surface area contributed by atoms with Gasteiger partial charge >= 0.3 is 0 Å². The molecule has 0 radical (unpaired) electrons. The summed E-state index contributed by atoms with van der Waals surface area (Å²) in [7, 11) is 0. The van der Waals surface area contributed by atoms with E-state index in [0.717, 1.165) is 11.8 Å². The summed E-state index contributed by atoms with van der Waals surface area (Å²) in [6.07, 6.45) is 0. The van der Waals surface area contributed by atoms with Crippen molar-refractivity contribution in [2.75, 3.05) is 0 Å². The van der Waals surface area contributed by atoms with Crippen molar-refractivity contribution in [1.29, 1.82) is 5.26 Å². The molecule has 0 saturated heterocycles. The van der Waals surface area contributed by atoms with Gasteiger partial charge in [-0.2, -0.15) is 5.26 Å². The van der Waals surface area contributed by atoms with Gasteiger partial charge in [0.05, 0.1) is 4.92 Å². The zero-order valence-corrected chi connectivity index (χ0v) is 8.51. The van der Waals surface area contributed by atoms with Crippen LogP contribution in [0, 0.1) is 20.8 Å². The van der Waals surface area contributed by atoms with Crippen molar-refractivity contribution in [3.8, 4) is 5.40 Å². The number of benzene rings is 1. The van der Waals surface area contributed by atoms with Gasteiger partial charge in [0.1, 0.15) is 5.40 Å². The Morgan fingerprint density at radius 2 is 2.36 bits per heavy atom. The van der Waals surface area contributed by atoms with Gasteiger partial charge in [0, 0.05) is 22.9 Å². The van der Waals surface area contributed by atoms with Crippen molar-refractivity contribution in [2.24, 2.45) is 0 Å². The van der Waals surface area contributed by atoms with Gasteiger partial charge in [-0.1, -0.05) is 11.6 Å². The molecule has 0 aromatic heterocycles. The molecule has 0 atom stereocenters. The summed E-state index contributed by atoms with van der Waals surface area (Å²) in [5.41, 5.74) is 0.593. The van der Waals surface area contributed by atoms with E-state index in [4.69, 9.17) is 16.9 Å². The molecule has 0 amide bonds. The lowest BCUT2D eigenvalue weighted by molar-refractivity contribution is -0.384. The van der Waals surface area contributed by atoms with E-state index in [1.807, 2.05) is 5.40 Å². The van der Waals surface area contributed by atoms with Crippen LogP contribution in [0.3, 0.4) is 0 Å². The van der Waals surface area contributed by atoms with E-state index in [2.05, 4.69) is 0 Å². The molecule has 0 N–H and O–H groups in total. The molecule has 0 spiro atoms. The summed E-state index contributed by atoms with van der Waals surface area (Å²) in [5.74, 6) is 0.358. The Kier molecular flexibility index (Phi) is 3.74. The number of nitro benzene ring substituents is 1. The molecule has 0 bridgehead atoms. The number of nitro groups is 1. The van der Waals surface area contributed by atoms with Crippen LogP contribution in [-0.2, 0) is 5.75 Å². The van der Waals surface area contributed by atoms with Gasteiger partial charge < -0.3 is 0 Å². The number of hydrogen-bond donors (Lipinski definition) is 0. The van der Waals surface area contributed by atoms with Gasteiger partial charge in [-0.15, -0.1) is 0 Å². The van der Waals surface area contributed by atoms with Crippen LogP contribution in [0.1, 0.15) is 5.56 Å². The molecular weight excluding hydrogens is 224 g/mol. The highest BCUT2D eigenvalue weighted by Gasteiger charge is 2.09. The molecule has 1 aromatic rings. The van der Waals surface area contributed by atoms with E-state index < -0.39 is 4.92 Å². The van der Waals surface area contributed by atoms with Gasteiger partial charge in [0.2, 0.25) is 0 Å². The number of hydrogen-bond acceptors (Lipinski definition) is 4. The average molecular weight is 229 g/mol.